The van der Waals surface area contributed by atoms with Crippen LogP contribution in [0.3, 0.4) is 0 Å². The molecule has 3 atom stereocenters. The van der Waals surface area contributed by atoms with E-state index in [2.05, 4.69) is 132 Å². The lowest BCUT2D eigenvalue weighted by atomic mass is 9.93. The third-order valence-corrected chi connectivity index (χ3v) is 5.70. The minimum Gasteiger partial charge on any atom is -0.343 e. The Hall–Kier alpha value is -3.36. The zero-order valence-electron chi connectivity index (χ0n) is 16.2. The van der Waals surface area contributed by atoms with E-state index in [0.29, 0.717) is 0 Å². The first-order valence-electron chi connectivity index (χ1n) is 10.2. The summed E-state index contributed by atoms with van der Waals surface area (Å²) in [4.78, 5) is 2.53. The Balaban J connectivity index is 1.69. The highest BCUT2D eigenvalue weighted by Crippen LogP contribution is 2.47. The fraction of sp³-hybridized carbons (Fsp3) is 0.111. The van der Waals surface area contributed by atoms with Gasteiger partial charge in [0.25, 0.3) is 0 Å². The van der Waals surface area contributed by atoms with E-state index in [4.69, 9.17) is 0 Å². The molecule has 4 aromatic rings. The summed E-state index contributed by atoms with van der Waals surface area (Å²) in [5.41, 5.74) is 5.12. The van der Waals surface area contributed by atoms with Crippen molar-refractivity contribution in [2.45, 2.75) is 18.2 Å². The van der Waals surface area contributed by atoms with Crippen LogP contribution in [-0.2, 0) is 0 Å². The van der Waals surface area contributed by atoms with E-state index in [9.17, 15) is 0 Å². The van der Waals surface area contributed by atoms with Crippen LogP contribution in [0.1, 0.15) is 34.9 Å². The van der Waals surface area contributed by atoms with Crippen molar-refractivity contribution in [3.63, 3.8) is 0 Å². The van der Waals surface area contributed by atoms with Crippen LogP contribution in [0, 0.1) is 0 Å². The van der Waals surface area contributed by atoms with E-state index in [0.717, 1.165) is 0 Å². The van der Waals surface area contributed by atoms with Gasteiger partial charge in [-0.05, 0) is 28.8 Å². The predicted octanol–water partition coefficient (Wildman–Crippen LogP) is 6.28. The highest BCUT2D eigenvalue weighted by atomic mass is 15.4. The Bertz CT molecular complexity index is 946. The second-order valence-electron chi connectivity index (χ2n) is 7.47. The van der Waals surface area contributed by atoms with Gasteiger partial charge in [0.15, 0.2) is 0 Å². The third-order valence-electron chi connectivity index (χ3n) is 5.70. The highest BCUT2D eigenvalue weighted by molar-refractivity contribution is 5.54. The van der Waals surface area contributed by atoms with Gasteiger partial charge in [0, 0.05) is 5.69 Å². The summed E-state index contributed by atoms with van der Waals surface area (Å²) in [5.74, 6) is 0. The summed E-state index contributed by atoms with van der Waals surface area (Å²) in [6.45, 7) is 0. The molecular weight excluding hydrogens is 352 g/mol. The van der Waals surface area contributed by atoms with Gasteiger partial charge in [-0.3, -0.25) is 5.32 Å². The number of hydrogen-bond acceptors (Lipinski definition) is 2. The van der Waals surface area contributed by atoms with Crippen molar-refractivity contribution in [2.75, 3.05) is 4.90 Å². The molecule has 1 fully saturated rings. The number of nitrogens with one attached hydrogen (secondary N) is 1. The van der Waals surface area contributed by atoms with Crippen LogP contribution in [0.5, 0.6) is 0 Å². The van der Waals surface area contributed by atoms with Gasteiger partial charge in [-0.15, -0.1) is 0 Å². The molecule has 2 nitrogen and oxygen atoms in total. The lowest BCUT2D eigenvalue weighted by Gasteiger charge is -2.33. The van der Waals surface area contributed by atoms with E-state index in [1.54, 1.807) is 0 Å². The Kier molecular flexibility index (Phi) is 4.85. The number of benzene rings is 4. The molecule has 0 aliphatic carbocycles. The van der Waals surface area contributed by atoms with E-state index in [1.807, 2.05) is 0 Å². The number of anilines is 1. The molecule has 1 aliphatic rings. The van der Waals surface area contributed by atoms with E-state index in [-0.39, 0.29) is 18.2 Å². The Morgan fingerprint density at radius 3 is 1.48 bits per heavy atom. The molecule has 1 saturated heterocycles. The molecule has 142 valence electrons. The van der Waals surface area contributed by atoms with Gasteiger partial charge < -0.3 is 4.90 Å². The fourth-order valence-corrected chi connectivity index (χ4v) is 4.41. The monoisotopic (exact) mass is 376 g/mol. The van der Waals surface area contributed by atoms with Crippen molar-refractivity contribution in [3.8, 4) is 0 Å². The summed E-state index contributed by atoms with van der Waals surface area (Å²) < 4.78 is 0. The third kappa shape index (κ3) is 3.43. The smallest absolute Gasteiger partial charge is 0.107 e. The summed E-state index contributed by atoms with van der Waals surface area (Å²) in [5, 5.41) is 3.95. The Labute approximate surface area is 172 Å². The molecule has 1 heterocycles. The molecule has 5 rings (SSSR count). The van der Waals surface area contributed by atoms with Crippen LogP contribution in [0.2, 0.25) is 0 Å². The minimum absolute atomic E-state index is 0.0917. The molecule has 1 N–H and O–H groups in total. The van der Waals surface area contributed by atoms with E-state index >= 15 is 0 Å². The first kappa shape index (κ1) is 17.7. The van der Waals surface area contributed by atoms with Gasteiger partial charge in [0.2, 0.25) is 0 Å². The molecular formula is C27H24N2. The first-order valence-corrected chi connectivity index (χ1v) is 10.2. The van der Waals surface area contributed by atoms with Gasteiger partial charge in [0.05, 0.1) is 12.1 Å². The highest BCUT2D eigenvalue weighted by Gasteiger charge is 2.42. The molecule has 1 aliphatic heterocycles. The molecule has 29 heavy (non-hydrogen) atoms. The topological polar surface area (TPSA) is 15.3 Å². The average Bonchev–Trinajstić information content (AvgIpc) is 3.22. The SMILES string of the molecule is c1ccc([C@H]2N[C@H](c3ccccc3)N(c3ccccc3)[C@@H]2c2ccccc2)cc1. The normalized spacial score (nSPS) is 21.2. The van der Waals surface area contributed by atoms with E-state index < -0.39 is 0 Å². The van der Waals surface area contributed by atoms with E-state index in [1.165, 1.54) is 22.4 Å². The van der Waals surface area contributed by atoms with Crippen LogP contribution in [0.15, 0.2) is 121 Å². The largest absolute Gasteiger partial charge is 0.343 e. The van der Waals surface area contributed by atoms with Gasteiger partial charge in [0.1, 0.15) is 6.17 Å². The molecule has 0 saturated carbocycles. The maximum atomic E-state index is 3.95. The summed E-state index contributed by atoms with van der Waals surface area (Å²) in [7, 11) is 0. The molecule has 0 bridgehead atoms. The lowest BCUT2D eigenvalue weighted by molar-refractivity contribution is 0.554. The van der Waals surface area contributed by atoms with Crippen molar-refractivity contribution >= 4 is 5.69 Å². The van der Waals surface area contributed by atoms with Crippen molar-refractivity contribution < 1.29 is 0 Å². The number of para-hydroxylation sites is 1. The van der Waals surface area contributed by atoms with Gasteiger partial charge in [-0.1, -0.05) is 109 Å². The Morgan fingerprint density at radius 2 is 0.931 bits per heavy atom. The zero-order valence-corrected chi connectivity index (χ0v) is 16.2. The molecule has 2 heteroatoms. The van der Waals surface area contributed by atoms with Crippen LogP contribution in [0.25, 0.3) is 0 Å². The van der Waals surface area contributed by atoms with Crippen LogP contribution in [-0.4, -0.2) is 0 Å². The summed E-state index contributed by atoms with van der Waals surface area (Å²) in [6.07, 6.45) is 0.0917. The zero-order chi connectivity index (χ0) is 19.5. The second kappa shape index (κ2) is 7.94. The Morgan fingerprint density at radius 1 is 0.483 bits per heavy atom. The van der Waals surface area contributed by atoms with Crippen molar-refractivity contribution in [3.05, 3.63) is 138 Å². The van der Waals surface area contributed by atoms with Crippen LogP contribution >= 0.6 is 0 Å². The van der Waals surface area contributed by atoms with Crippen LogP contribution in [0.4, 0.5) is 5.69 Å². The fourth-order valence-electron chi connectivity index (χ4n) is 4.41. The van der Waals surface area contributed by atoms with Gasteiger partial charge in [-0.2, -0.15) is 0 Å². The molecule has 0 amide bonds. The lowest BCUT2D eigenvalue weighted by Crippen LogP contribution is -2.29. The maximum Gasteiger partial charge on any atom is 0.107 e. The van der Waals surface area contributed by atoms with Gasteiger partial charge >= 0.3 is 0 Å². The molecule has 0 aromatic heterocycles. The maximum absolute atomic E-state index is 3.95. The van der Waals surface area contributed by atoms with Crippen molar-refractivity contribution in [1.82, 2.24) is 5.32 Å². The van der Waals surface area contributed by atoms with Gasteiger partial charge in [-0.25, -0.2) is 0 Å². The minimum atomic E-state index is 0.0917. The number of hydrogen-bond donors (Lipinski definition) is 1. The molecule has 0 spiro atoms. The first-order chi connectivity index (χ1) is 14.4. The summed E-state index contributed by atoms with van der Waals surface area (Å²) in [6, 6.07) is 43.5. The standard InChI is InChI=1S/C27H24N2/c1-5-13-21(14-6-1)25-26(22-15-7-2-8-16-22)29(24-19-11-4-12-20-24)27(28-25)23-17-9-3-10-18-23/h1-20,25-28H/t25-,26-,27+/m1/s1. The molecule has 4 aromatic carbocycles. The van der Waals surface area contributed by atoms with Crippen molar-refractivity contribution in [2.24, 2.45) is 0 Å². The molecule has 0 radical (unpaired) electrons. The quantitative estimate of drug-likeness (QED) is 0.451. The van der Waals surface area contributed by atoms with Crippen molar-refractivity contribution in [1.29, 1.82) is 0 Å². The average molecular weight is 377 g/mol. The molecule has 0 unspecified atom stereocenters. The predicted molar refractivity (Wildman–Crippen MR) is 120 cm³/mol. The number of nitrogens with zero attached hydrogens (tertiary/aromatic N) is 1. The summed E-state index contributed by atoms with van der Waals surface area (Å²) >= 11 is 0. The van der Waals surface area contributed by atoms with Crippen LogP contribution < -0.4 is 10.2 Å². The second-order valence-corrected chi connectivity index (χ2v) is 7.47. The number of rotatable bonds is 4.